The second-order valence-corrected chi connectivity index (χ2v) is 4.85. The van der Waals surface area contributed by atoms with E-state index in [0.717, 1.165) is 24.3 Å². The predicted octanol–water partition coefficient (Wildman–Crippen LogP) is 4.34. The molecule has 0 unspecified atom stereocenters. The van der Waals surface area contributed by atoms with Gasteiger partial charge in [-0.15, -0.1) is 0 Å². The van der Waals surface area contributed by atoms with E-state index in [9.17, 15) is 0 Å². The molecular weight excluding hydrogens is 236 g/mol. The SMILES string of the molecule is C\C=C/C(=C\C(=C\CC)C1CC1)c1noc(CC)n1. The fraction of sp³-hybridized carbons (Fsp3) is 0.500. The van der Waals surface area contributed by atoms with Crippen LogP contribution in [-0.4, -0.2) is 10.1 Å². The standard InChI is InChI=1S/C16H22N2O/c1-4-7-13(12-9-10-12)11-14(8-5-2)16-17-15(6-3)19-18-16/h5,7-8,11-12H,4,6,9-10H2,1-3H3/b8-5-,13-7-,14-11+. The number of allylic oxidation sites excluding steroid dienone is 6. The van der Waals surface area contributed by atoms with Crippen molar-refractivity contribution >= 4 is 5.57 Å². The second kappa shape index (κ2) is 6.50. The molecule has 1 fully saturated rings. The third-order valence-electron chi connectivity index (χ3n) is 3.19. The van der Waals surface area contributed by atoms with Crippen LogP contribution in [-0.2, 0) is 6.42 Å². The fourth-order valence-electron chi connectivity index (χ4n) is 2.06. The topological polar surface area (TPSA) is 38.9 Å². The Morgan fingerprint density at radius 3 is 2.68 bits per heavy atom. The minimum atomic E-state index is 0.692. The highest BCUT2D eigenvalue weighted by atomic mass is 16.5. The first kappa shape index (κ1) is 13.8. The summed E-state index contributed by atoms with van der Waals surface area (Å²) in [5.74, 6) is 2.12. The van der Waals surface area contributed by atoms with Crippen LogP contribution in [0.1, 0.15) is 51.7 Å². The molecule has 3 heteroatoms. The first-order valence-corrected chi connectivity index (χ1v) is 7.15. The Balaban J connectivity index is 2.30. The summed E-state index contributed by atoms with van der Waals surface area (Å²) < 4.78 is 5.20. The fourth-order valence-corrected chi connectivity index (χ4v) is 2.06. The molecule has 2 rings (SSSR count). The molecule has 102 valence electrons. The van der Waals surface area contributed by atoms with Crippen LogP contribution in [0.15, 0.2) is 34.4 Å². The van der Waals surface area contributed by atoms with Gasteiger partial charge in [0, 0.05) is 12.0 Å². The van der Waals surface area contributed by atoms with Crippen molar-refractivity contribution in [3.63, 3.8) is 0 Å². The highest BCUT2D eigenvalue weighted by Gasteiger charge is 2.24. The quantitative estimate of drug-likeness (QED) is 0.712. The van der Waals surface area contributed by atoms with E-state index in [1.807, 2.05) is 19.9 Å². The molecule has 0 spiro atoms. The van der Waals surface area contributed by atoms with Crippen molar-refractivity contribution in [1.82, 2.24) is 10.1 Å². The van der Waals surface area contributed by atoms with E-state index in [1.165, 1.54) is 18.4 Å². The van der Waals surface area contributed by atoms with E-state index >= 15 is 0 Å². The highest BCUT2D eigenvalue weighted by molar-refractivity contribution is 5.72. The van der Waals surface area contributed by atoms with Crippen LogP contribution in [0.5, 0.6) is 0 Å². The lowest BCUT2D eigenvalue weighted by Gasteiger charge is -2.01. The van der Waals surface area contributed by atoms with Gasteiger partial charge in [0.15, 0.2) is 0 Å². The van der Waals surface area contributed by atoms with Crippen LogP contribution in [0.4, 0.5) is 0 Å². The Kier molecular flexibility index (Phi) is 4.72. The zero-order valence-electron chi connectivity index (χ0n) is 12.0. The Labute approximate surface area is 115 Å². The second-order valence-electron chi connectivity index (χ2n) is 4.85. The average molecular weight is 258 g/mol. The minimum Gasteiger partial charge on any atom is -0.339 e. The van der Waals surface area contributed by atoms with Crippen molar-refractivity contribution < 1.29 is 4.52 Å². The van der Waals surface area contributed by atoms with Gasteiger partial charge in [0.05, 0.1) is 0 Å². The average Bonchev–Trinajstić information content (AvgIpc) is 3.15. The van der Waals surface area contributed by atoms with Crippen molar-refractivity contribution in [1.29, 1.82) is 0 Å². The Morgan fingerprint density at radius 2 is 2.16 bits per heavy atom. The van der Waals surface area contributed by atoms with Gasteiger partial charge in [-0.05, 0) is 43.8 Å². The van der Waals surface area contributed by atoms with Crippen LogP contribution >= 0.6 is 0 Å². The van der Waals surface area contributed by atoms with Gasteiger partial charge >= 0.3 is 0 Å². The molecule has 0 radical (unpaired) electrons. The number of aromatic nitrogens is 2. The van der Waals surface area contributed by atoms with Gasteiger partial charge in [-0.2, -0.15) is 4.98 Å². The molecule has 1 heterocycles. The molecule has 0 N–H and O–H groups in total. The number of hydrogen-bond acceptors (Lipinski definition) is 3. The van der Waals surface area contributed by atoms with Crippen LogP contribution in [0.2, 0.25) is 0 Å². The number of nitrogens with zero attached hydrogens (tertiary/aromatic N) is 2. The van der Waals surface area contributed by atoms with Crippen LogP contribution in [0.3, 0.4) is 0 Å². The van der Waals surface area contributed by atoms with Crippen LogP contribution in [0, 0.1) is 5.92 Å². The lowest BCUT2D eigenvalue weighted by atomic mass is 10.1. The van der Waals surface area contributed by atoms with E-state index in [0.29, 0.717) is 11.7 Å². The summed E-state index contributed by atoms with van der Waals surface area (Å²) in [5.41, 5.74) is 2.45. The molecular formula is C16H22N2O. The van der Waals surface area contributed by atoms with Crippen molar-refractivity contribution in [3.8, 4) is 0 Å². The van der Waals surface area contributed by atoms with Crippen molar-refractivity contribution in [2.24, 2.45) is 5.92 Å². The van der Waals surface area contributed by atoms with E-state index in [-0.39, 0.29) is 0 Å². The van der Waals surface area contributed by atoms with E-state index < -0.39 is 0 Å². The molecule has 1 aromatic rings. The Hall–Kier alpha value is -1.64. The Bertz CT molecular complexity index is 505. The van der Waals surface area contributed by atoms with Gasteiger partial charge < -0.3 is 4.52 Å². The van der Waals surface area contributed by atoms with Crippen LogP contribution < -0.4 is 0 Å². The van der Waals surface area contributed by atoms with E-state index in [2.05, 4.69) is 35.3 Å². The highest BCUT2D eigenvalue weighted by Crippen LogP contribution is 2.38. The molecule has 0 atom stereocenters. The van der Waals surface area contributed by atoms with Gasteiger partial charge in [0.1, 0.15) is 0 Å². The van der Waals surface area contributed by atoms with Crippen molar-refractivity contribution in [2.45, 2.75) is 46.5 Å². The summed E-state index contributed by atoms with van der Waals surface area (Å²) >= 11 is 0. The molecule has 1 saturated carbocycles. The molecule has 1 aliphatic rings. The Morgan fingerprint density at radius 1 is 1.37 bits per heavy atom. The zero-order chi connectivity index (χ0) is 13.7. The minimum absolute atomic E-state index is 0.692. The first-order chi connectivity index (χ1) is 9.28. The van der Waals surface area contributed by atoms with Crippen molar-refractivity contribution in [3.05, 3.63) is 41.6 Å². The molecule has 3 nitrogen and oxygen atoms in total. The first-order valence-electron chi connectivity index (χ1n) is 7.15. The molecule has 0 bridgehead atoms. The molecule has 0 aromatic carbocycles. The summed E-state index contributed by atoms with van der Waals surface area (Å²) in [6.45, 7) is 6.20. The normalized spacial score (nSPS) is 17.4. The molecule has 0 saturated heterocycles. The lowest BCUT2D eigenvalue weighted by molar-refractivity contribution is 0.380. The molecule has 0 amide bonds. The number of aryl methyl sites for hydroxylation is 1. The van der Waals surface area contributed by atoms with Crippen molar-refractivity contribution in [2.75, 3.05) is 0 Å². The monoisotopic (exact) mass is 258 g/mol. The van der Waals surface area contributed by atoms with Crippen LogP contribution in [0.25, 0.3) is 5.57 Å². The summed E-state index contributed by atoms with van der Waals surface area (Å²) in [7, 11) is 0. The largest absolute Gasteiger partial charge is 0.339 e. The van der Waals surface area contributed by atoms with Gasteiger partial charge in [-0.3, -0.25) is 0 Å². The summed E-state index contributed by atoms with van der Waals surface area (Å²) in [4.78, 5) is 4.42. The number of hydrogen-bond donors (Lipinski definition) is 0. The molecule has 1 aromatic heterocycles. The zero-order valence-corrected chi connectivity index (χ0v) is 12.0. The molecule has 0 aliphatic heterocycles. The lowest BCUT2D eigenvalue weighted by Crippen LogP contribution is -1.89. The maximum atomic E-state index is 5.20. The molecule has 19 heavy (non-hydrogen) atoms. The van der Waals surface area contributed by atoms with E-state index in [1.54, 1.807) is 0 Å². The predicted molar refractivity (Wildman–Crippen MR) is 77.6 cm³/mol. The van der Waals surface area contributed by atoms with Gasteiger partial charge in [-0.1, -0.05) is 37.2 Å². The summed E-state index contributed by atoms with van der Waals surface area (Å²) in [5, 5.41) is 4.07. The maximum Gasteiger partial charge on any atom is 0.226 e. The third-order valence-corrected chi connectivity index (χ3v) is 3.19. The van der Waals surface area contributed by atoms with Gasteiger partial charge in [-0.25, -0.2) is 0 Å². The third kappa shape index (κ3) is 3.66. The molecule has 1 aliphatic carbocycles. The van der Waals surface area contributed by atoms with Gasteiger partial charge in [0.2, 0.25) is 11.7 Å². The van der Waals surface area contributed by atoms with Gasteiger partial charge in [0.25, 0.3) is 0 Å². The smallest absolute Gasteiger partial charge is 0.226 e. The summed E-state index contributed by atoms with van der Waals surface area (Å²) in [6, 6.07) is 0. The summed E-state index contributed by atoms with van der Waals surface area (Å²) in [6.07, 6.45) is 13.0. The van der Waals surface area contributed by atoms with E-state index in [4.69, 9.17) is 4.52 Å². The number of rotatable bonds is 6. The maximum absolute atomic E-state index is 5.20.